The van der Waals surface area contributed by atoms with Gasteiger partial charge in [0.15, 0.2) is 11.4 Å². The van der Waals surface area contributed by atoms with Crippen molar-refractivity contribution in [2.75, 3.05) is 120 Å². The highest BCUT2D eigenvalue weighted by atomic mass is 32.2. The summed E-state index contributed by atoms with van der Waals surface area (Å²) in [4.78, 5) is 82.6. The Morgan fingerprint density at radius 2 is 0.956 bits per heavy atom. The number of piperidine rings is 3. The normalized spacial score (nSPS) is 19.5. The number of rotatable bonds is 36. The minimum absolute atomic E-state index is 0.0147. The second-order valence-electron chi connectivity index (χ2n) is 38.3. The Morgan fingerprint density at radius 1 is 0.459 bits per heavy atom. The number of anilines is 5. The maximum absolute atomic E-state index is 15.0. The largest absolute Gasteiger partial charge is 0.353 e. The molecule has 33 nitrogen and oxygen atoms in total. The van der Waals surface area contributed by atoms with Gasteiger partial charge in [-0.15, -0.1) is 0 Å². The second-order valence-corrected chi connectivity index (χ2v) is 45.8. The molecule has 3 saturated heterocycles. The Morgan fingerprint density at radius 3 is 1.50 bits per heavy atom. The van der Waals surface area contributed by atoms with Crippen molar-refractivity contribution in [2.24, 2.45) is 5.92 Å². The molecule has 7 aromatic rings. The van der Waals surface area contributed by atoms with Crippen molar-refractivity contribution < 1.29 is 93.2 Å². The van der Waals surface area contributed by atoms with Crippen molar-refractivity contribution in [2.45, 2.75) is 216 Å². The van der Waals surface area contributed by atoms with Crippen molar-refractivity contribution in [3.63, 3.8) is 0 Å². The second kappa shape index (κ2) is 40.0. The monoisotopic (exact) mass is 1950 g/mol. The van der Waals surface area contributed by atoms with Crippen LogP contribution in [0.1, 0.15) is 226 Å². The summed E-state index contributed by atoms with van der Waals surface area (Å²) in [5.41, 5.74) is 7.01. The van der Waals surface area contributed by atoms with Gasteiger partial charge in [-0.25, -0.2) is 0 Å². The number of allylic oxidation sites excluding steroid dienone is 8. The lowest BCUT2D eigenvalue weighted by atomic mass is 9.75. The van der Waals surface area contributed by atoms with Gasteiger partial charge in [0.1, 0.15) is 22.9 Å². The van der Waals surface area contributed by atoms with Crippen molar-refractivity contribution in [3.05, 3.63) is 178 Å². The molecule has 38 heteroatoms. The third-order valence-electron chi connectivity index (χ3n) is 27.6. The fourth-order valence-corrected chi connectivity index (χ4v) is 23.9. The maximum atomic E-state index is 15.0. The summed E-state index contributed by atoms with van der Waals surface area (Å²) < 4.78 is 176. The van der Waals surface area contributed by atoms with E-state index in [9.17, 15) is 79.2 Å². The Labute approximate surface area is 792 Å². The first-order valence-corrected chi connectivity index (χ1v) is 54.4. The SMILES string of the molecule is CCCN1C(=CC=CC2=[N+](CCC)c3cccc(C(=O)NC4CCN(c5nc(N6CCC(C)CC6)nc(N6CCC(NC(=O)CCCCC[N+]7=C(C=CC=C8N(CCCS(=O)(=O)O)c9ccc%10c(S(=O)(=O)O)cccc%10c9C8(C)CCC)C(C)(C)c8c7ccc7c(S(=O)(=O)O)cccc87)CC6)n5)CC4)c3C2(C)C)C(C)(C)c2c(C(=O)NCCS(=O)(=O)O)cc(C(=O)NCCS(=O)(=O)O)cc21. The van der Waals surface area contributed by atoms with Gasteiger partial charge >= 0.3 is 0 Å². The highest BCUT2D eigenvalue weighted by Crippen LogP contribution is 2.56. The molecule has 726 valence electrons. The van der Waals surface area contributed by atoms with Gasteiger partial charge in [0.25, 0.3) is 68.3 Å². The van der Waals surface area contributed by atoms with Crippen LogP contribution in [0.4, 0.5) is 40.6 Å². The molecule has 1 atom stereocenters. The zero-order chi connectivity index (χ0) is 97.5. The predicted molar refractivity (Wildman–Crippen MR) is 525 cm³/mol. The molecule has 0 aliphatic carbocycles. The lowest BCUT2D eigenvalue weighted by molar-refractivity contribution is -0.438. The molecule has 14 rings (SSSR count). The summed E-state index contributed by atoms with van der Waals surface area (Å²) in [5, 5.41) is 13.8. The number of amides is 4. The first kappa shape index (κ1) is 101. The van der Waals surface area contributed by atoms with E-state index in [1.165, 1.54) is 18.2 Å². The molecule has 3 fully saturated rings. The number of hydrogen-bond donors (Lipinski definition) is 9. The smallest absolute Gasteiger partial charge is 0.295 e. The number of benzene rings is 6. The van der Waals surface area contributed by atoms with Crippen LogP contribution < -0.4 is 45.8 Å². The van der Waals surface area contributed by atoms with Crippen LogP contribution in [0.15, 0.2) is 149 Å². The number of carbonyl (C=O) groups is 4. The summed E-state index contributed by atoms with van der Waals surface area (Å²) >= 11 is 0. The third-order valence-corrected chi connectivity index (χ3v) is 31.7. The molecule has 135 heavy (non-hydrogen) atoms. The van der Waals surface area contributed by atoms with Crippen LogP contribution in [0.25, 0.3) is 21.5 Å². The molecule has 0 spiro atoms. The highest BCUT2D eigenvalue weighted by Gasteiger charge is 2.51. The molecule has 7 aliphatic heterocycles. The van der Waals surface area contributed by atoms with Gasteiger partial charge in [0.05, 0.1) is 39.2 Å². The molecule has 1 aromatic heterocycles. The molecule has 0 radical (unpaired) electrons. The Kier molecular flexibility index (Phi) is 29.7. The van der Waals surface area contributed by atoms with Gasteiger partial charge in [0.2, 0.25) is 35.1 Å². The van der Waals surface area contributed by atoms with E-state index in [2.05, 4.69) is 99.7 Å². The van der Waals surface area contributed by atoms with Gasteiger partial charge in [-0.05, 0) is 182 Å². The van der Waals surface area contributed by atoms with Crippen LogP contribution in [0, 0.1) is 5.92 Å². The minimum Gasteiger partial charge on any atom is -0.353 e. The Balaban J connectivity index is 0.631. The zero-order valence-electron chi connectivity index (χ0n) is 78.5. The average Bonchev–Trinajstić information content (AvgIpc) is 1.58. The Bertz CT molecular complexity index is 6650. The van der Waals surface area contributed by atoms with E-state index in [1.54, 1.807) is 36.4 Å². The molecule has 9 N–H and O–H groups in total. The van der Waals surface area contributed by atoms with Crippen LogP contribution >= 0.6 is 0 Å². The number of unbranched alkanes of at least 4 members (excludes halogenated alkanes) is 2. The zero-order valence-corrected chi connectivity index (χ0v) is 82.6. The molecule has 7 aliphatic rings. The van der Waals surface area contributed by atoms with Crippen LogP contribution in [-0.4, -0.2) is 232 Å². The number of carbonyl (C=O) groups excluding carboxylic acids is 4. The van der Waals surface area contributed by atoms with Gasteiger partial charge in [-0.3, -0.25) is 41.9 Å². The molecule has 4 amide bonds. The molecule has 6 aromatic carbocycles. The molecule has 0 saturated carbocycles. The van der Waals surface area contributed by atoms with Gasteiger partial charge in [-0.2, -0.15) is 66.2 Å². The molecule has 1 unspecified atom stereocenters. The average molecular weight is 1950 g/mol. The van der Waals surface area contributed by atoms with E-state index < -0.39 is 114 Å². The predicted octanol–water partition coefficient (Wildman–Crippen LogP) is 13.0. The quantitative estimate of drug-likeness (QED) is 0.0100. The van der Waals surface area contributed by atoms with E-state index in [0.717, 1.165) is 88.9 Å². The van der Waals surface area contributed by atoms with E-state index in [0.29, 0.717) is 179 Å². The first-order chi connectivity index (χ1) is 63.7. The van der Waals surface area contributed by atoms with Gasteiger partial charge < -0.3 is 45.8 Å². The lowest BCUT2D eigenvalue weighted by Gasteiger charge is -2.36. The van der Waals surface area contributed by atoms with Gasteiger partial charge in [-0.1, -0.05) is 96.5 Å². The van der Waals surface area contributed by atoms with Crippen molar-refractivity contribution in [1.82, 2.24) is 36.2 Å². The van der Waals surface area contributed by atoms with Crippen molar-refractivity contribution in [3.8, 4) is 0 Å². The topological polar surface area (TPSA) is 449 Å². The molecule has 0 bridgehead atoms. The molecular weight excluding hydrogens is 1830 g/mol. The maximum Gasteiger partial charge on any atom is 0.295 e. The van der Waals surface area contributed by atoms with Gasteiger partial charge in [0, 0.05) is 188 Å². The molecule has 8 heterocycles. The summed E-state index contributed by atoms with van der Waals surface area (Å²) in [6.45, 7) is 27.6. The van der Waals surface area contributed by atoms with E-state index >= 15 is 4.79 Å². The number of fused-ring (bicyclic) bond motifs is 8. The molecular formula is C97H126N14O19S5+2. The van der Waals surface area contributed by atoms with E-state index in [4.69, 9.17) is 15.0 Å². The summed E-state index contributed by atoms with van der Waals surface area (Å²) in [6, 6.07) is 25.2. The van der Waals surface area contributed by atoms with Crippen LogP contribution in [-0.2, 0) is 77.0 Å². The summed E-state index contributed by atoms with van der Waals surface area (Å²) in [6.07, 6.45) is 21.5. The fraction of sp³-hybridized carbons (Fsp3) is 0.495. The van der Waals surface area contributed by atoms with Crippen molar-refractivity contribution in [1.29, 1.82) is 0 Å². The number of aromatic nitrogens is 3. The fourth-order valence-electron chi connectivity index (χ4n) is 21.2. The summed E-state index contributed by atoms with van der Waals surface area (Å²) in [7, 11) is -22.5. The minimum atomic E-state index is -4.64. The number of hydrogen-bond acceptors (Lipinski definition) is 22. The third kappa shape index (κ3) is 21.6. The Hall–Kier alpha value is -10.4. The number of nitrogens with one attached hydrogen (secondary N) is 4. The standard InChI is InChI=1S/C97H124N14O19S5/c1-12-45-97(11)82(111(51-23-58-131(116,117)118)75-38-36-68-70(87(75)97)25-20-29-78(68)135(128,129)130)33-22-32-81-94(5,6)84-69-24-19-28-77(134(125,126)127)67(69)35-37-74(84)110(81)50-17-15-16-34-83(112)100-65-41-54-106(55-42-65)92-102-91(105-52-39-63(4)40-53-105)103-93(104-92)107-56-43-66(44-57-107)101-90(115)71-26-18-27-73-85(71)95(7,8)79(108(73)48-13-2)30-21-31-80-96(9,10)86-72(89(114)99-47-60-133(122,123)124)61-64(62-76(86)109(80)49-14-3)88(113)98-46-59-132(119,120)121/h18-22,24-33,35-38,61-63,65-66H,12-17,23,34,39-60H2,1-11H3,(H7-2,98,99,100,101,112,113,114,115,116,117,118,119,120,121,122,123,124,125,126,127,128,129,130)/p+2. The van der Waals surface area contributed by atoms with E-state index in [1.807, 2.05) is 104 Å². The van der Waals surface area contributed by atoms with Crippen LogP contribution in [0.5, 0.6) is 0 Å². The van der Waals surface area contributed by atoms with Crippen LogP contribution in [0.3, 0.4) is 0 Å². The highest BCUT2D eigenvalue weighted by molar-refractivity contribution is 7.87. The first-order valence-electron chi connectivity index (χ1n) is 46.7. The van der Waals surface area contributed by atoms with Crippen molar-refractivity contribution >= 4 is 148 Å². The lowest BCUT2D eigenvalue weighted by Crippen LogP contribution is -2.46. The summed E-state index contributed by atoms with van der Waals surface area (Å²) in [5.74, 6) is -1.33. The number of nitrogens with zero attached hydrogens (tertiary/aromatic N) is 10. The van der Waals surface area contributed by atoms with E-state index in [-0.39, 0.29) is 57.8 Å². The van der Waals surface area contributed by atoms with Crippen LogP contribution in [0.2, 0.25) is 0 Å².